The van der Waals surface area contributed by atoms with Crippen molar-refractivity contribution < 1.29 is 17.2 Å². The maximum Gasteiger partial charge on any atom is 0.217 e. The van der Waals surface area contributed by atoms with Crippen molar-refractivity contribution >= 4 is 21.3 Å². The van der Waals surface area contributed by atoms with Gasteiger partial charge in [-0.15, -0.1) is 0 Å². The first kappa shape index (κ1) is 63.3. The summed E-state index contributed by atoms with van der Waals surface area (Å²) in [4.78, 5) is 0. The summed E-state index contributed by atoms with van der Waals surface area (Å²) in [6.45, 7) is 6.96. The summed E-state index contributed by atoms with van der Waals surface area (Å²) >= 11 is 0. The van der Waals surface area contributed by atoms with Crippen LogP contribution in [0.2, 0.25) is 0 Å². The number of rotatable bonds is 52. The minimum atomic E-state index is -4.41. The molecular weight excluding hydrogens is 789 g/mol. The highest BCUT2D eigenvalue weighted by Crippen LogP contribution is 2.19. The average molecular weight is 904 g/mol. The summed E-state index contributed by atoms with van der Waals surface area (Å²) in [6, 6.07) is 0. The van der Waals surface area contributed by atoms with Gasteiger partial charge in [-0.05, 0) is 49.4 Å². The Labute approximate surface area is 389 Å². The van der Waals surface area contributed by atoms with Crippen LogP contribution in [0.15, 0.2) is 0 Å². The van der Waals surface area contributed by atoms with Crippen molar-refractivity contribution in [1.82, 2.24) is 0 Å². The second-order valence-corrected chi connectivity index (χ2v) is 22.8. The molecule has 0 aromatic rings. The molecule has 4 nitrogen and oxygen atoms in total. The lowest BCUT2D eigenvalue weighted by Crippen LogP contribution is -2.17. The maximum absolute atomic E-state index is 9.22. The van der Waals surface area contributed by atoms with E-state index in [0.29, 0.717) is 0 Å². The summed E-state index contributed by atoms with van der Waals surface area (Å²) in [6.07, 6.45) is 71.3. The van der Waals surface area contributed by atoms with Crippen molar-refractivity contribution in [3.63, 3.8) is 0 Å². The van der Waals surface area contributed by atoms with Gasteiger partial charge in [0.05, 0.1) is 7.11 Å². The van der Waals surface area contributed by atoms with Crippen molar-refractivity contribution in [2.24, 2.45) is 0 Å². The molecule has 0 fully saturated rings. The Balaban J connectivity index is 0. The van der Waals surface area contributed by atoms with Gasteiger partial charge in [0, 0.05) is 0 Å². The fourth-order valence-electron chi connectivity index (χ4n) is 8.87. The maximum atomic E-state index is 9.22. The Morgan fingerprint density at radius 2 is 0.393 bits per heavy atom. The number of hydrogen-bond donors (Lipinski definition) is 0. The molecular formula is C55H114O4S2. The molecule has 0 heterocycles. The predicted molar refractivity (Wildman–Crippen MR) is 277 cm³/mol. The molecule has 0 aromatic heterocycles. The van der Waals surface area contributed by atoms with E-state index < -0.39 is 10.4 Å². The lowest BCUT2D eigenvalue weighted by molar-refractivity contribution is 0.314. The summed E-state index contributed by atoms with van der Waals surface area (Å²) in [5.41, 5.74) is 0. The molecule has 0 N–H and O–H groups in total. The normalized spacial score (nSPS) is 11.8. The molecule has 0 saturated heterocycles. The van der Waals surface area contributed by atoms with E-state index in [-0.39, 0.29) is 0 Å². The third kappa shape index (κ3) is 62.3. The summed E-state index contributed by atoms with van der Waals surface area (Å²) in [7, 11) is -2.88. The predicted octanol–water partition coefficient (Wildman–Crippen LogP) is 19.5. The van der Waals surface area contributed by atoms with Gasteiger partial charge in [0.2, 0.25) is 10.4 Å². The topological polar surface area (TPSA) is 66.4 Å². The summed E-state index contributed by atoms with van der Waals surface area (Å²) < 4.78 is 31.0. The molecule has 0 rings (SSSR count). The first-order valence-corrected chi connectivity index (χ1v) is 31.1. The fourth-order valence-corrected chi connectivity index (χ4v) is 11.3. The Morgan fingerprint density at radius 1 is 0.279 bits per heavy atom. The first-order valence-electron chi connectivity index (χ1n) is 28.1. The zero-order valence-electron chi connectivity index (χ0n) is 42.5. The molecule has 0 bridgehead atoms. The largest absolute Gasteiger partial charge is 0.726 e. The van der Waals surface area contributed by atoms with E-state index in [1.54, 1.807) is 17.3 Å². The van der Waals surface area contributed by atoms with Gasteiger partial charge >= 0.3 is 0 Å². The van der Waals surface area contributed by atoms with Crippen molar-refractivity contribution in [1.29, 1.82) is 0 Å². The van der Waals surface area contributed by atoms with Gasteiger partial charge in [0.1, 0.15) is 17.3 Å². The van der Waals surface area contributed by atoms with Gasteiger partial charge in [0.15, 0.2) is 0 Å². The molecule has 0 aromatic carbocycles. The van der Waals surface area contributed by atoms with Gasteiger partial charge < -0.3 is 4.55 Å². The lowest BCUT2D eigenvalue weighted by Gasteiger charge is -2.10. The molecule has 0 atom stereocenters. The monoisotopic (exact) mass is 903 g/mol. The van der Waals surface area contributed by atoms with Crippen LogP contribution in [-0.2, 0) is 25.5 Å². The molecule has 0 spiro atoms. The molecule has 0 radical (unpaired) electrons. The van der Waals surface area contributed by atoms with Crippen LogP contribution in [0.25, 0.3) is 0 Å². The lowest BCUT2D eigenvalue weighted by atomic mass is 10.0. The standard InChI is InChI=1S/C54H111S.CH4O4S/c1-4-7-10-13-16-19-22-25-28-31-34-37-40-43-46-49-52-55(53-50-47-44-41-38-35-32-29-26-23-20-17-14-11-8-5-2)54-51-48-45-42-39-36-33-30-27-24-21-18-15-12-9-6-3;1-5-6(2,3)4/h4-54H2,1-3H3;1H3,(H,2,3,4)/q+1;/p-1. The van der Waals surface area contributed by atoms with Gasteiger partial charge in [-0.25, -0.2) is 8.42 Å². The fraction of sp³-hybridized carbons (Fsp3) is 1.00. The van der Waals surface area contributed by atoms with E-state index in [0.717, 1.165) is 18.0 Å². The van der Waals surface area contributed by atoms with E-state index in [4.69, 9.17) is 0 Å². The molecule has 0 aliphatic rings. The second kappa shape index (κ2) is 56.3. The van der Waals surface area contributed by atoms with E-state index in [1.807, 2.05) is 0 Å². The zero-order chi connectivity index (χ0) is 44.8. The second-order valence-electron chi connectivity index (χ2n) is 19.2. The van der Waals surface area contributed by atoms with Crippen molar-refractivity contribution in [2.75, 3.05) is 24.4 Å². The Hall–Kier alpha value is 0.220. The Bertz CT molecular complexity index is 780. The van der Waals surface area contributed by atoms with Crippen LogP contribution in [0.4, 0.5) is 0 Å². The van der Waals surface area contributed by atoms with E-state index in [2.05, 4.69) is 25.0 Å². The first-order chi connectivity index (χ1) is 29.9. The van der Waals surface area contributed by atoms with E-state index in [9.17, 15) is 13.0 Å². The highest BCUT2D eigenvalue weighted by atomic mass is 32.3. The highest BCUT2D eigenvalue weighted by molar-refractivity contribution is 7.96. The molecule has 0 aliphatic heterocycles. The van der Waals surface area contributed by atoms with E-state index >= 15 is 0 Å². The third-order valence-electron chi connectivity index (χ3n) is 13.1. The smallest absolute Gasteiger partial charge is 0.217 e. The highest BCUT2D eigenvalue weighted by Gasteiger charge is 2.16. The molecule has 61 heavy (non-hydrogen) atoms. The minimum absolute atomic E-state index is 0.723. The molecule has 0 aliphatic carbocycles. The van der Waals surface area contributed by atoms with Gasteiger partial charge in [-0.1, -0.05) is 290 Å². The van der Waals surface area contributed by atoms with Gasteiger partial charge in [0.25, 0.3) is 0 Å². The third-order valence-corrected chi connectivity index (χ3v) is 16.1. The van der Waals surface area contributed by atoms with Crippen LogP contribution in [0.1, 0.15) is 329 Å². The van der Waals surface area contributed by atoms with Crippen LogP contribution in [0, 0.1) is 0 Å². The molecule has 6 heteroatoms. The van der Waals surface area contributed by atoms with Crippen LogP contribution < -0.4 is 0 Å². The van der Waals surface area contributed by atoms with Crippen LogP contribution in [0.5, 0.6) is 0 Å². The van der Waals surface area contributed by atoms with Crippen LogP contribution in [-0.4, -0.2) is 37.3 Å². The minimum Gasteiger partial charge on any atom is -0.726 e. The zero-order valence-corrected chi connectivity index (χ0v) is 44.1. The van der Waals surface area contributed by atoms with Crippen molar-refractivity contribution in [3.05, 3.63) is 0 Å². The van der Waals surface area contributed by atoms with Crippen molar-refractivity contribution in [3.8, 4) is 0 Å². The average Bonchev–Trinajstić information content (AvgIpc) is 3.25. The molecule has 0 unspecified atom stereocenters. The Kier molecular flexibility index (Phi) is 58.5. The summed E-state index contributed by atoms with van der Waals surface area (Å²) in [5, 5.41) is 0. The van der Waals surface area contributed by atoms with E-state index in [1.165, 1.54) is 308 Å². The Morgan fingerprint density at radius 3 is 0.508 bits per heavy atom. The van der Waals surface area contributed by atoms with Crippen LogP contribution in [0.3, 0.4) is 0 Å². The SMILES string of the molecule is CCCCCCCCCCCCCCCCCC[S+](CCCCCCCCCCCCCCCCCC)CCCCCCCCCCCCCCCCCC.COS(=O)(=O)[O-]. The molecule has 0 saturated carbocycles. The van der Waals surface area contributed by atoms with Gasteiger partial charge in [-0.2, -0.15) is 0 Å². The number of unbranched alkanes of at least 4 members (excludes halogenated alkanes) is 45. The van der Waals surface area contributed by atoms with Gasteiger partial charge in [-0.3, -0.25) is 4.18 Å². The molecule has 0 amide bonds. The quantitative estimate of drug-likeness (QED) is 0.0264. The van der Waals surface area contributed by atoms with Crippen LogP contribution >= 0.6 is 0 Å². The summed E-state index contributed by atoms with van der Waals surface area (Å²) in [5.74, 6) is 4.70. The number of hydrogen-bond acceptors (Lipinski definition) is 4. The van der Waals surface area contributed by atoms with Crippen molar-refractivity contribution in [2.45, 2.75) is 329 Å². The molecule has 370 valence electrons.